The van der Waals surface area contributed by atoms with E-state index in [2.05, 4.69) is 0 Å². The number of hydrogen-bond acceptors (Lipinski definition) is 4. The Bertz CT molecular complexity index is 431. The molecule has 0 saturated carbocycles. The van der Waals surface area contributed by atoms with Gasteiger partial charge in [-0.3, -0.25) is 4.90 Å². The second kappa shape index (κ2) is 4.53. The van der Waals surface area contributed by atoms with Gasteiger partial charge < -0.3 is 14.4 Å². The van der Waals surface area contributed by atoms with E-state index in [0.717, 1.165) is 19.3 Å². The fourth-order valence-electron chi connectivity index (χ4n) is 3.55. The predicted octanol–water partition coefficient (Wildman–Crippen LogP) is 1.98. The summed E-state index contributed by atoms with van der Waals surface area (Å²) in [5.74, 6) is 0. The first-order valence-electron chi connectivity index (χ1n) is 7.31. The molecule has 6 heteroatoms. The third kappa shape index (κ3) is 2.21. The maximum atomic E-state index is 12.4. The summed E-state index contributed by atoms with van der Waals surface area (Å²) in [5, 5.41) is 0. The molecule has 112 valence electrons. The number of hydrogen-bond donors (Lipinski definition) is 0. The summed E-state index contributed by atoms with van der Waals surface area (Å²) in [4.78, 5) is 27.9. The molecule has 3 saturated heterocycles. The van der Waals surface area contributed by atoms with E-state index in [0.29, 0.717) is 13.2 Å². The van der Waals surface area contributed by atoms with E-state index < -0.39 is 5.60 Å². The zero-order valence-electron chi connectivity index (χ0n) is 12.3. The molecule has 3 aliphatic rings. The van der Waals surface area contributed by atoms with Gasteiger partial charge in [-0.15, -0.1) is 0 Å². The van der Waals surface area contributed by atoms with Crippen molar-refractivity contribution < 1.29 is 19.1 Å². The first-order chi connectivity index (χ1) is 9.37. The maximum absolute atomic E-state index is 12.4. The van der Waals surface area contributed by atoms with E-state index in [-0.39, 0.29) is 30.3 Å². The zero-order valence-corrected chi connectivity index (χ0v) is 12.3. The minimum Gasteiger partial charge on any atom is -0.449 e. The normalized spacial score (nSPS) is 32.8. The van der Waals surface area contributed by atoms with Crippen LogP contribution < -0.4 is 0 Å². The highest BCUT2D eigenvalue weighted by Gasteiger charge is 2.52. The SMILES string of the molecule is CC(C)(C)OC(=O)N1[C@@H]2CC[C@H]1[C@H]1CCOC(=O)N1C2. The molecule has 2 amide bonds. The van der Waals surface area contributed by atoms with Crippen LogP contribution in [0.15, 0.2) is 0 Å². The Morgan fingerprint density at radius 3 is 2.70 bits per heavy atom. The average molecular weight is 282 g/mol. The predicted molar refractivity (Wildman–Crippen MR) is 71.3 cm³/mol. The highest BCUT2D eigenvalue weighted by molar-refractivity contribution is 5.73. The summed E-state index contributed by atoms with van der Waals surface area (Å²) in [5.41, 5.74) is -0.487. The Morgan fingerprint density at radius 2 is 2.00 bits per heavy atom. The summed E-state index contributed by atoms with van der Waals surface area (Å²) in [6, 6.07) is 0.232. The lowest BCUT2D eigenvalue weighted by atomic mass is 9.99. The number of cyclic esters (lactones) is 1. The Morgan fingerprint density at radius 1 is 1.25 bits per heavy atom. The van der Waals surface area contributed by atoms with Gasteiger partial charge in [0.15, 0.2) is 0 Å². The monoisotopic (exact) mass is 282 g/mol. The molecule has 20 heavy (non-hydrogen) atoms. The van der Waals surface area contributed by atoms with E-state index in [1.54, 1.807) is 4.90 Å². The summed E-state index contributed by atoms with van der Waals surface area (Å²) >= 11 is 0. The minimum atomic E-state index is -0.487. The van der Waals surface area contributed by atoms with Crippen molar-refractivity contribution in [1.82, 2.24) is 9.80 Å². The Labute approximate surface area is 119 Å². The van der Waals surface area contributed by atoms with E-state index in [1.165, 1.54) is 0 Å². The summed E-state index contributed by atoms with van der Waals surface area (Å²) in [6.45, 7) is 6.64. The van der Waals surface area contributed by atoms with Gasteiger partial charge in [-0.2, -0.15) is 0 Å². The van der Waals surface area contributed by atoms with Gasteiger partial charge in [0, 0.05) is 13.0 Å². The van der Waals surface area contributed by atoms with Gasteiger partial charge in [-0.25, -0.2) is 9.59 Å². The van der Waals surface area contributed by atoms with Gasteiger partial charge in [0.2, 0.25) is 0 Å². The lowest BCUT2D eigenvalue weighted by Crippen LogP contribution is -2.64. The van der Waals surface area contributed by atoms with Crippen LogP contribution in [-0.2, 0) is 9.47 Å². The molecule has 0 aliphatic carbocycles. The van der Waals surface area contributed by atoms with Crippen molar-refractivity contribution in [2.45, 2.75) is 63.8 Å². The molecular weight excluding hydrogens is 260 g/mol. The second-order valence-corrected chi connectivity index (χ2v) is 6.81. The zero-order chi connectivity index (χ0) is 14.5. The summed E-state index contributed by atoms with van der Waals surface area (Å²) < 4.78 is 10.6. The molecule has 0 aromatic carbocycles. The molecular formula is C14H22N2O4. The molecule has 0 N–H and O–H groups in total. The van der Waals surface area contributed by atoms with E-state index in [9.17, 15) is 9.59 Å². The second-order valence-electron chi connectivity index (χ2n) is 6.81. The number of piperazine rings is 1. The van der Waals surface area contributed by atoms with Crippen LogP contribution in [0.3, 0.4) is 0 Å². The molecule has 6 nitrogen and oxygen atoms in total. The van der Waals surface area contributed by atoms with E-state index >= 15 is 0 Å². The van der Waals surface area contributed by atoms with Crippen LogP contribution in [0, 0.1) is 0 Å². The van der Waals surface area contributed by atoms with Gasteiger partial charge >= 0.3 is 12.2 Å². The topological polar surface area (TPSA) is 59.1 Å². The smallest absolute Gasteiger partial charge is 0.410 e. The third-order valence-electron chi connectivity index (χ3n) is 4.28. The van der Waals surface area contributed by atoms with Gasteiger partial charge in [0.1, 0.15) is 5.60 Å². The quantitative estimate of drug-likeness (QED) is 0.681. The van der Waals surface area contributed by atoms with Gasteiger partial charge in [-0.1, -0.05) is 0 Å². The minimum absolute atomic E-state index is 0.0664. The van der Waals surface area contributed by atoms with Crippen LogP contribution in [0.2, 0.25) is 0 Å². The van der Waals surface area contributed by atoms with E-state index in [1.807, 2.05) is 25.7 Å². The van der Waals surface area contributed by atoms with Crippen molar-refractivity contribution in [3.63, 3.8) is 0 Å². The Hall–Kier alpha value is -1.46. The lowest BCUT2D eigenvalue weighted by molar-refractivity contribution is -0.0408. The van der Waals surface area contributed by atoms with Crippen LogP contribution in [0.4, 0.5) is 9.59 Å². The molecule has 0 radical (unpaired) electrons. The van der Waals surface area contributed by atoms with Crippen molar-refractivity contribution in [3.05, 3.63) is 0 Å². The molecule has 0 aromatic rings. The summed E-state index contributed by atoms with van der Waals surface area (Å²) in [7, 11) is 0. The maximum Gasteiger partial charge on any atom is 0.410 e. The van der Waals surface area contributed by atoms with Crippen molar-refractivity contribution in [2.75, 3.05) is 13.2 Å². The molecule has 2 bridgehead atoms. The Balaban J connectivity index is 1.78. The molecule has 0 spiro atoms. The molecule has 3 aliphatic heterocycles. The largest absolute Gasteiger partial charge is 0.449 e. The van der Waals surface area contributed by atoms with Crippen molar-refractivity contribution in [2.24, 2.45) is 0 Å². The molecule has 3 rings (SSSR count). The van der Waals surface area contributed by atoms with Crippen molar-refractivity contribution >= 4 is 12.2 Å². The van der Waals surface area contributed by atoms with Gasteiger partial charge in [-0.05, 0) is 33.6 Å². The Kier molecular flexibility index (Phi) is 3.06. The molecule has 3 atom stereocenters. The first kappa shape index (κ1) is 13.5. The van der Waals surface area contributed by atoms with Gasteiger partial charge in [0.05, 0.1) is 24.7 Å². The number of fused-ring (bicyclic) bond motifs is 4. The average Bonchev–Trinajstić information content (AvgIpc) is 2.65. The lowest BCUT2D eigenvalue weighted by Gasteiger charge is -2.48. The fourth-order valence-corrected chi connectivity index (χ4v) is 3.55. The molecule has 3 heterocycles. The number of carbonyl (C=O) groups excluding carboxylic acids is 2. The molecule has 3 fully saturated rings. The van der Waals surface area contributed by atoms with Crippen LogP contribution in [0.25, 0.3) is 0 Å². The number of ether oxygens (including phenoxy) is 2. The first-order valence-corrected chi connectivity index (χ1v) is 7.31. The third-order valence-corrected chi connectivity index (χ3v) is 4.28. The number of rotatable bonds is 0. The van der Waals surface area contributed by atoms with Crippen LogP contribution in [0.5, 0.6) is 0 Å². The molecule has 0 aromatic heterocycles. The standard InChI is InChI=1S/C14H22N2O4/c1-14(2,3)20-13(18)16-9-4-5-11(16)10-6-7-19-12(17)15(10)8-9/h9-11H,4-8H2,1-3H3/t9-,10-,11+/m1/s1. The van der Waals surface area contributed by atoms with Gasteiger partial charge in [0.25, 0.3) is 0 Å². The number of amides is 2. The van der Waals surface area contributed by atoms with Crippen LogP contribution >= 0.6 is 0 Å². The highest BCUT2D eigenvalue weighted by atomic mass is 16.6. The van der Waals surface area contributed by atoms with Crippen molar-refractivity contribution in [1.29, 1.82) is 0 Å². The van der Waals surface area contributed by atoms with Crippen LogP contribution in [-0.4, -0.2) is 58.9 Å². The highest BCUT2D eigenvalue weighted by Crippen LogP contribution is 2.38. The van der Waals surface area contributed by atoms with E-state index in [4.69, 9.17) is 9.47 Å². The summed E-state index contributed by atoms with van der Waals surface area (Å²) in [6.07, 6.45) is 2.19. The van der Waals surface area contributed by atoms with Crippen LogP contribution in [0.1, 0.15) is 40.0 Å². The number of nitrogens with zero attached hydrogens (tertiary/aromatic N) is 2. The fraction of sp³-hybridized carbons (Fsp3) is 0.857. The number of carbonyl (C=O) groups is 2. The van der Waals surface area contributed by atoms with Crippen molar-refractivity contribution in [3.8, 4) is 0 Å². The molecule has 0 unspecified atom stereocenters.